The summed E-state index contributed by atoms with van der Waals surface area (Å²) in [6.07, 6.45) is 10.2. The summed E-state index contributed by atoms with van der Waals surface area (Å²) in [5.74, 6) is 2.21. The minimum atomic E-state index is -0.0368. The number of phenols is 1. The lowest BCUT2D eigenvalue weighted by Gasteiger charge is -2.20. The van der Waals surface area contributed by atoms with Crippen molar-refractivity contribution in [3.05, 3.63) is 28.3 Å². The Morgan fingerprint density at radius 3 is 2.56 bits per heavy atom. The second-order valence-corrected chi connectivity index (χ2v) is 7.20. The highest BCUT2D eigenvalue weighted by atomic mass is 32.1. The Balaban J connectivity index is 1.77. The van der Waals surface area contributed by atoms with Crippen molar-refractivity contribution in [2.45, 2.75) is 44.9 Å². The predicted octanol–water partition coefficient (Wildman–Crippen LogP) is 4.06. The number of aryl methyl sites for hydroxylation is 1. The number of phenolic OH excluding ortho intramolecular Hbond substituents is 1. The molecule has 8 heteroatoms. The van der Waals surface area contributed by atoms with E-state index in [1.807, 2.05) is 0 Å². The third-order valence-corrected chi connectivity index (χ3v) is 5.31. The summed E-state index contributed by atoms with van der Waals surface area (Å²) in [6.45, 7) is 0. The standard InChI is InChI=1S/C19H26N4O3S/c1-25-15-10-14(11-16(26-2)18(15)24)12-20-23-17(21-22-19(23)27)9-8-13-6-4-3-5-7-13/h10-13,24H,3-9H2,1-2H3,(H,22,27)/b20-12+. The monoisotopic (exact) mass is 390 g/mol. The van der Waals surface area contributed by atoms with Gasteiger partial charge in [0.1, 0.15) is 0 Å². The molecule has 0 saturated heterocycles. The van der Waals surface area contributed by atoms with E-state index in [4.69, 9.17) is 21.7 Å². The summed E-state index contributed by atoms with van der Waals surface area (Å²) in [4.78, 5) is 0. The fourth-order valence-corrected chi connectivity index (χ4v) is 3.73. The van der Waals surface area contributed by atoms with Gasteiger partial charge in [0.25, 0.3) is 0 Å². The molecule has 27 heavy (non-hydrogen) atoms. The zero-order valence-electron chi connectivity index (χ0n) is 15.8. The second-order valence-electron chi connectivity index (χ2n) is 6.82. The lowest BCUT2D eigenvalue weighted by atomic mass is 9.86. The van der Waals surface area contributed by atoms with E-state index in [9.17, 15) is 5.11 Å². The summed E-state index contributed by atoms with van der Waals surface area (Å²) < 4.78 is 12.5. The molecule has 1 aliphatic carbocycles. The summed E-state index contributed by atoms with van der Waals surface area (Å²) in [6, 6.07) is 3.37. The Kier molecular flexibility index (Phi) is 6.49. The minimum absolute atomic E-state index is 0.0368. The van der Waals surface area contributed by atoms with Crippen LogP contribution in [0, 0.1) is 10.7 Å². The lowest BCUT2D eigenvalue weighted by Crippen LogP contribution is -2.09. The van der Waals surface area contributed by atoms with Crippen LogP contribution in [-0.2, 0) is 6.42 Å². The number of nitrogens with one attached hydrogen (secondary N) is 1. The molecule has 1 aliphatic rings. The number of rotatable bonds is 7. The molecular weight excluding hydrogens is 364 g/mol. The predicted molar refractivity (Wildman–Crippen MR) is 107 cm³/mol. The highest BCUT2D eigenvalue weighted by Crippen LogP contribution is 2.36. The second kappa shape index (κ2) is 9.03. The minimum Gasteiger partial charge on any atom is -0.502 e. The van der Waals surface area contributed by atoms with Crippen LogP contribution in [-0.4, -0.2) is 40.4 Å². The summed E-state index contributed by atoms with van der Waals surface area (Å²) in [5, 5.41) is 21.7. The number of benzene rings is 1. The first kappa shape index (κ1) is 19.4. The van der Waals surface area contributed by atoms with Gasteiger partial charge in [-0.2, -0.15) is 14.9 Å². The Hall–Kier alpha value is -2.35. The number of H-pyrrole nitrogens is 1. The van der Waals surface area contributed by atoms with Gasteiger partial charge in [-0.1, -0.05) is 32.1 Å². The molecule has 1 fully saturated rings. The topological polar surface area (TPSA) is 84.7 Å². The van der Waals surface area contributed by atoms with Crippen molar-refractivity contribution in [1.82, 2.24) is 14.9 Å². The van der Waals surface area contributed by atoms with Gasteiger partial charge in [-0.05, 0) is 36.7 Å². The molecule has 0 amide bonds. The van der Waals surface area contributed by atoms with Gasteiger partial charge < -0.3 is 14.6 Å². The van der Waals surface area contributed by atoms with E-state index >= 15 is 0 Å². The molecule has 0 bridgehead atoms. The molecule has 0 radical (unpaired) electrons. The molecule has 0 unspecified atom stereocenters. The first-order chi connectivity index (χ1) is 13.1. The molecule has 1 aromatic carbocycles. The number of nitrogens with zero attached hydrogens (tertiary/aromatic N) is 3. The van der Waals surface area contributed by atoms with E-state index in [1.165, 1.54) is 46.3 Å². The fourth-order valence-electron chi connectivity index (χ4n) is 3.53. The van der Waals surface area contributed by atoms with Crippen molar-refractivity contribution in [2.24, 2.45) is 11.0 Å². The maximum Gasteiger partial charge on any atom is 0.216 e. The molecule has 0 aliphatic heterocycles. The molecule has 2 aromatic rings. The van der Waals surface area contributed by atoms with Gasteiger partial charge in [-0.15, -0.1) is 0 Å². The highest BCUT2D eigenvalue weighted by molar-refractivity contribution is 7.71. The van der Waals surface area contributed by atoms with Crippen molar-refractivity contribution < 1.29 is 14.6 Å². The summed E-state index contributed by atoms with van der Waals surface area (Å²) >= 11 is 5.32. The highest BCUT2D eigenvalue weighted by Gasteiger charge is 2.15. The third-order valence-electron chi connectivity index (χ3n) is 5.04. The Bertz CT molecular complexity index is 828. The van der Waals surface area contributed by atoms with Crippen molar-refractivity contribution in [3.63, 3.8) is 0 Å². The molecule has 1 aromatic heterocycles. The van der Waals surface area contributed by atoms with E-state index in [1.54, 1.807) is 23.0 Å². The van der Waals surface area contributed by atoms with Crippen LogP contribution in [0.15, 0.2) is 17.2 Å². The molecular formula is C19H26N4O3S. The van der Waals surface area contributed by atoms with Crippen molar-refractivity contribution >= 4 is 18.4 Å². The maximum atomic E-state index is 10.0. The normalized spacial score (nSPS) is 15.3. The lowest BCUT2D eigenvalue weighted by molar-refractivity contribution is 0.336. The van der Waals surface area contributed by atoms with Crippen LogP contribution in [0.4, 0.5) is 0 Å². The fraction of sp³-hybridized carbons (Fsp3) is 0.526. The average molecular weight is 391 g/mol. The number of methoxy groups -OCH3 is 2. The van der Waals surface area contributed by atoms with Crippen LogP contribution in [0.3, 0.4) is 0 Å². The molecule has 3 rings (SSSR count). The van der Waals surface area contributed by atoms with Gasteiger partial charge in [0, 0.05) is 12.0 Å². The number of aromatic amines is 1. The van der Waals surface area contributed by atoms with Crippen LogP contribution in [0.1, 0.15) is 49.9 Å². The SMILES string of the molecule is COc1cc(/C=N/n2c(CCC3CCCCC3)n[nH]c2=S)cc(OC)c1O. The zero-order valence-corrected chi connectivity index (χ0v) is 16.6. The van der Waals surface area contributed by atoms with Gasteiger partial charge >= 0.3 is 0 Å². The van der Waals surface area contributed by atoms with Gasteiger partial charge in [0.05, 0.1) is 20.4 Å². The number of aromatic nitrogens is 3. The smallest absolute Gasteiger partial charge is 0.216 e. The largest absolute Gasteiger partial charge is 0.502 e. The Morgan fingerprint density at radius 2 is 1.93 bits per heavy atom. The van der Waals surface area contributed by atoms with Crippen molar-refractivity contribution in [3.8, 4) is 17.2 Å². The Morgan fingerprint density at radius 1 is 1.26 bits per heavy atom. The van der Waals surface area contributed by atoms with Gasteiger partial charge in [0.15, 0.2) is 17.3 Å². The number of aromatic hydroxyl groups is 1. The maximum absolute atomic E-state index is 10.0. The molecule has 146 valence electrons. The molecule has 0 atom stereocenters. The summed E-state index contributed by atoms with van der Waals surface area (Å²) in [7, 11) is 2.98. The molecule has 2 N–H and O–H groups in total. The zero-order chi connectivity index (χ0) is 19.2. The quantitative estimate of drug-likeness (QED) is 0.550. The van der Waals surface area contributed by atoms with Gasteiger partial charge in [0.2, 0.25) is 10.5 Å². The van der Waals surface area contributed by atoms with Crippen LogP contribution in [0.5, 0.6) is 17.2 Å². The van der Waals surface area contributed by atoms with E-state index in [2.05, 4.69) is 15.3 Å². The van der Waals surface area contributed by atoms with E-state index in [0.29, 0.717) is 16.3 Å². The molecule has 7 nitrogen and oxygen atoms in total. The third kappa shape index (κ3) is 4.68. The number of ether oxygens (including phenoxy) is 2. The first-order valence-corrected chi connectivity index (χ1v) is 9.69. The number of hydrogen-bond donors (Lipinski definition) is 2. The van der Waals surface area contributed by atoms with Crippen LogP contribution >= 0.6 is 12.2 Å². The molecule has 1 saturated carbocycles. The van der Waals surface area contributed by atoms with Crippen LogP contribution in [0.25, 0.3) is 0 Å². The van der Waals surface area contributed by atoms with Crippen molar-refractivity contribution in [2.75, 3.05) is 14.2 Å². The van der Waals surface area contributed by atoms with E-state index in [-0.39, 0.29) is 5.75 Å². The van der Waals surface area contributed by atoms with Crippen molar-refractivity contribution in [1.29, 1.82) is 0 Å². The van der Waals surface area contributed by atoms with E-state index in [0.717, 1.165) is 30.1 Å². The number of hydrogen-bond acceptors (Lipinski definition) is 6. The van der Waals surface area contributed by atoms with Gasteiger partial charge in [-0.25, -0.2) is 0 Å². The molecule has 0 spiro atoms. The van der Waals surface area contributed by atoms with Crippen LogP contribution in [0.2, 0.25) is 0 Å². The average Bonchev–Trinajstić information content (AvgIpc) is 3.05. The van der Waals surface area contributed by atoms with E-state index < -0.39 is 0 Å². The summed E-state index contributed by atoms with van der Waals surface area (Å²) in [5.41, 5.74) is 0.725. The Labute approximate surface area is 164 Å². The van der Waals surface area contributed by atoms with Crippen LogP contribution < -0.4 is 9.47 Å². The first-order valence-electron chi connectivity index (χ1n) is 9.28. The van der Waals surface area contributed by atoms with Gasteiger partial charge in [-0.3, -0.25) is 5.10 Å². The molecule has 1 heterocycles.